The molecule has 116 valence electrons. The summed E-state index contributed by atoms with van der Waals surface area (Å²) in [6.07, 6.45) is 11.0. The Labute approximate surface area is 129 Å². The lowest BCUT2D eigenvalue weighted by Crippen LogP contribution is -2.17. The number of carbonyl (C=O) groups is 1. The van der Waals surface area contributed by atoms with Crippen molar-refractivity contribution in [2.75, 3.05) is 0 Å². The quantitative estimate of drug-likeness (QED) is 0.303. The van der Waals surface area contributed by atoms with Gasteiger partial charge in [0.05, 0.1) is 5.56 Å². The van der Waals surface area contributed by atoms with Gasteiger partial charge in [0.2, 0.25) is 0 Å². The second-order valence-corrected chi connectivity index (χ2v) is 5.47. The van der Waals surface area contributed by atoms with E-state index in [4.69, 9.17) is 4.74 Å². The van der Waals surface area contributed by atoms with Crippen LogP contribution in [0.5, 0.6) is 0 Å². The van der Waals surface area contributed by atoms with Crippen molar-refractivity contribution < 1.29 is 9.53 Å². The number of hydrogen-bond acceptors (Lipinski definition) is 2. The molecule has 0 aliphatic heterocycles. The largest absolute Gasteiger partial charge is 0.458 e. The summed E-state index contributed by atoms with van der Waals surface area (Å²) in [6, 6.07) is 9.18. The molecule has 1 aromatic rings. The summed E-state index contributed by atoms with van der Waals surface area (Å²) in [6.45, 7) is 5.98. The van der Waals surface area contributed by atoms with Gasteiger partial charge in [-0.15, -0.1) is 6.58 Å². The zero-order valence-electron chi connectivity index (χ0n) is 13.2. The first-order valence-electron chi connectivity index (χ1n) is 8.14. The summed E-state index contributed by atoms with van der Waals surface area (Å²) in [4.78, 5) is 12.0. The van der Waals surface area contributed by atoms with Crippen LogP contribution in [0.3, 0.4) is 0 Å². The molecule has 0 aliphatic rings. The highest BCUT2D eigenvalue weighted by Crippen LogP contribution is 2.15. The molecule has 0 aliphatic carbocycles. The van der Waals surface area contributed by atoms with Crippen molar-refractivity contribution in [3.8, 4) is 0 Å². The van der Waals surface area contributed by atoms with Gasteiger partial charge >= 0.3 is 5.97 Å². The van der Waals surface area contributed by atoms with Gasteiger partial charge in [-0.05, 0) is 25.0 Å². The zero-order chi connectivity index (χ0) is 15.3. The van der Waals surface area contributed by atoms with Crippen molar-refractivity contribution in [1.82, 2.24) is 0 Å². The van der Waals surface area contributed by atoms with Gasteiger partial charge < -0.3 is 4.74 Å². The Hall–Kier alpha value is -1.57. The molecule has 0 heterocycles. The van der Waals surface area contributed by atoms with Crippen molar-refractivity contribution in [3.63, 3.8) is 0 Å². The van der Waals surface area contributed by atoms with E-state index in [0.29, 0.717) is 5.56 Å². The van der Waals surface area contributed by atoms with Gasteiger partial charge in [-0.25, -0.2) is 4.79 Å². The van der Waals surface area contributed by atoms with Crippen LogP contribution < -0.4 is 0 Å². The first-order chi connectivity index (χ1) is 10.3. The van der Waals surface area contributed by atoms with E-state index >= 15 is 0 Å². The molecule has 0 spiro atoms. The third kappa shape index (κ3) is 7.69. The van der Waals surface area contributed by atoms with E-state index in [1.54, 1.807) is 12.1 Å². The maximum absolute atomic E-state index is 12.0. The first kappa shape index (κ1) is 17.5. The highest BCUT2D eigenvalue weighted by atomic mass is 16.5. The SMILES string of the molecule is C=CCC(CCCCCCCC)OC(=O)c1ccccc1. The topological polar surface area (TPSA) is 26.3 Å². The lowest BCUT2D eigenvalue weighted by molar-refractivity contribution is 0.0283. The van der Waals surface area contributed by atoms with E-state index in [1.165, 1.54) is 32.1 Å². The fourth-order valence-corrected chi connectivity index (χ4v) is 2.36. The van der Waals surface area contributed by atoms with Gasteiger partial charge in [-0.2, -0.15) is 0 Å². The van der Waals surface area contributed by atoms with E-state index in [1.807, 2.05) is 24.3 Å². The number of carbonyl (C=O) groups excluding carboxylic acids is 1. The molecule has 1 unspecified atom stereocenters. The van der Waals surface area contributed by atoms with E-state index < -0.39 is 0 Å². The van der Waals surface area contributed by atoms with Crippen LogP contribution in [0, 0.1) is 0 Å². The normalized spacial score (nSPS) is 11.9. The molecule has 2 heteroatoms. The van der Waals surface area contributed by atoms with Gasteiger partial charge in [0, 0.05) is 6.42 Å². The highest BCUT2D eigenvalue weighted by Gasteiger charge is 2.14. The molecule has 0 N–H and O–H groups in total. The van der Waals surface area contributed by atoms with Gasteiger partial charge in [-0.1, -0.05) is 63.3 Å². The van der Waals surface area contributed by atoms with Crippen molar-refractivity contribution in [3.05, 3.63) is 48.6 Å². The van der Waals surface area contributed by atoms with E-state index in [9.17, 15) is 4.79 Å². The van der Waals surface area contributed by atoms with Crippen molar-refractivity contribution in [2.45, 2.75) is 64.4 Å². The molecule has 1 aromatic carbocycles. The Morgan fingerprint density at radius 3 is 2.48 bits per heavy atom. The van der Waals surface area contributed by atoms with Crippen LogP contribution >= 0.6 is 0 Å². The summed E-state index contributed by atoms with van der Waals surface area (Å²) in [5, 5.41) is 0. The lowest BCUT2D eigenvalue weighted by atomic mass is 10.1. The van der Waals surface area contributed by atoms with Crippen LogP contribution in [-0.2, 0) is 4.74 Å². The number of esters is 1. The van der Waals surface area contributed by atoms with Gasteiger partial charge in [0.25, 0.3) is 0 Å². The number of unbranched alkanes of at least 4 members (excludes halogenated alkanes) is 5. The molecule has 2 nitrogen and oxygen atoms in total. The monoisotopic (exact) mass is 288 g/mol. The molecule has 0 aromatic heterocycles. The summed E-state index contributed by atoms with van der Waals surface area (Å²) in [5.41, 5.74) is 0.620. The molecule has 0 saturated heterocycles. The van der Waals surface area contributed by atoms with Crippen molar-refractivity contribution in [2.24, 2.45) is 0 Å². The summed E-state index contributed by atoms with van der Waals surface area (Å²) in [7, 11) is 0. The lowest BCUT2D eigenvalue weighted by Gasteiger charge is -2.16. The van der Waals surface area contributed by atoms with Crippen LogP contribution in [-0.4, -0.2) is 12.1 Å². The van der Waals surface area contributed by atoms with Gasteiger partial charge in [0.15, 0.2) is 0 Å². The summed E-state index contributed by atoms with van der Waals surface area (Å²) >= 11 is 0. The van der Waals surface area contributed by atoms with Crippen LogP contribution in [0.1, 0.15) is 68.6 Å². The maximum atomic E-state index is 12.0. The third-order valence-corrected chi connectivity index (χ3v) is 3.59. The standard InChI is InChI=1S/C19H28O2/c1-3-5-6-7-8-12-16-18(13-4-2)21-19(20)17-14-10-9-11-15-17/h4,9-11,14-15,18H,2-3,5-8,12-13,16H2,1H3. The highest BCUT2D eigenvalue weighted by molar-refractivity contribution is 5.89. The Morgan fingerprint density at radius 2 is 1.81 bits per heavy atom. The molecular weight excluding hydrogens is 260 g/mol. The van der Waals surface area contributed by atoms with E-state index in [-0.39, 0.29) is 12.1 Å². The zero-order valence-corrected chi connectivity index (χ0v) is 13.2. The number of hydrogen-bond donors (Lipinski definition) is 0. The Bertz CT molecular complexity index is 397. The summed E-state index contributed by atoms with van der Waals surface area (Å²) in [5.74, 6) is -0.228. The molecule has 0 radical (unpaired) electrons. The second-order valence-electron chi connectivity index (χ2n) is 5.47. The third-order valence-electron chi connectivity index (χ3n) is 3.59. The summed E-state index contributed by atoms with van der Waals surface area (Å²) < 4.78 is 5.59. The van der Waals surface area contributed by atoms with Crippen molar-refractivity contribution >= 4 is 5.97 Å². The molecular formula is C19H28O2. The fraction of sp³-hybridized carbons (Fsp3) is 0.526. The molecule has 0 bridgehead atoms. The molecule has 0 saturated carbocycles. The van der Waals surface area contributed by atoms with Gasteiger partial charge in [-0.3, -0.25) is 0 Å². The molecule has 0 fully saturated rings. The number of rotatable bonds is 11. The molecule has 21 heavy (non-hydrogen) atoms. The van der Waals surface area contributed by atoms with E-state index in [0.717, 1.165) is 19.3 Å². The Kier molecular flexibility index (Phi) is 9.26. The minimum Gasteiger partial charge on any atom is -0.458 e. The first-order valence-corrected chi connectivity index (χ1v) is 8.14. The predicted octanol–water partition coefficient (Wildman–Crippen LogP) is 5.54. The average Bonchev–Trinajstić information content (AvgIpc) is 2.51. The van der Waals surface area contributed by atoms with Crippen LogP contribution in [0.25, 0.3) is 0 Å². The minimum atomic E-state index is -0.228. The predicted molar refractivity (Wildman–Crippen MR) is 88.5 cm³/mol. The second kappa shape index (κ2) is 11.1. The van der Waals surface area contributed by atoms with Crippen molar-refractivity contribution in [1.29, 1.82) is 0 Å². The van der Waals surface area contributed by atoms with Crippen LogP contribution in [0.4, 0.5) is 0 Å². The van der Waals surface area contributed by atoms with Crippen LogP contribution in [0.15, 0.2) is 43.0 Å². The molecule has 0 amide bonds. The smallest absolute Gasteiger partial charge is 0.338 e. The Balaban J connectivity index is 2.32. The minimum absolute atomic E-state index is 0.0404. The fourth-order valence-electron chi connectivity index (χ4n) is 2.36. The average molecular weight is 288 g/mol. The van der Waals surface area contributed by atoms with Gasteiger partial charge in [0.1, 0.15) is 6.10 Å². The molecule has 1 atom stereocenters. The van der Waals surface area contributed by atoms with Crippen LogP contribution in [0.2, 0.25) is 0 Å². The number of benzene rings is 1. The molecule has 1 rings (SSSR count). The van der Waals surface area contributed by atoms with E-state index in [2.05, 4.69) is 13.5 Å². The Morgan fingerprint density at radius 1 is 1.14 bits per heavy atom. The maximum Gasteiger partial charge on any atom is 0.338 e. The number of ether oxygens (including phenoxy) is 1.